The minimum absolute atomic E-state index is 0.00818. The van der Waals surface area contributed by atoms with Crippen molar-refractivity contribution in [1.82, 2.24) is 5.32 Å². The topological polar surface area (TPSA) is 47.6 Å². The molecule has 1 aliphatic carbocycles. The SMILES string of the molecule is O=C(NC1CCC(c2ccccc2)CC1)c1ccc(OCC2CCCO2)cc1. The predicted molar refractivity (Wildman–Crippen MR) is 110 cm³/mol. The molecule has 0 radical (unpaired) electrons. The second kappa shape index (κ2) is 9.24. The quantitative estimate of drug-likeness (QED) is 0.791. The second-order valence-electron chi connectivity index (χ2n) is 7.90. The van der Waals surface area contributed by atoms with Gasteiger partial charge in [-0.1, -0.05) is 30.3 Å². The van der Waals surface area contributed by atoms with Crippen molar-refractivity contribution < 1.29 is 14.3 Å². The molecule has 1 unspecified atom stereocenters. The summed E-state index contributed by atoms with van der Waals surface area (Å²) in [6.07, 6.45) is 6.71. The van der Waals surface area contributed by atoms with E-state index >= 15 is 0 Å². The van der Waals surface area contributed by atoms with Gasteiger partial charge in [0, 0.05) is 18.2 Å². The second-order valence-corrected chi connectivity index (χ2v) is 7.90. The molecule has 2 aliphatic rings. The summed E-state index contributed by atoms with van der Waals surface area (Å²) < 4.78 is 11.3. The molecule has 28 heavy (non-hydrogen) atoms. The number of amides is 1. The molecule has 1 atom stereocenters. The zero-order chi connectivity index (χ0) is 19.2. The normalized spacial score (nSPS) is 24.6. The fraction of sp³-hybridized carbons (Fsp3) is 0.458. The molecule has 2 aromatic carbocycles. The van der Waals surface area contributed by atoms with Gasteiger partial charge in [-0.15, -0.1) is 0 Å². The van der Waals surface area contributed by atoms with E-state index in [0.29, 0.717) is 18.1 Å². The summed E-state index contributed by atoms with van der Waals surface area (Å²) in [5.74, 6) is 1.42. The van der Waals surface area contributed by atoms with Gasteiger partial charge in [-0.3, -0.25) is 4.79 Å². The van der Waals surface area contributed by atoms with E-state index in [-0.39, 0.29) is 18.1 Å². The molecule has 1 heterocycles. The fourth-order valence-electron chi connectivity index (χ4n) is 4.23. The van der Waals surface area contributed by atoms with Gasteiger partial charge in [-0.05, 0) is 74.3 Å². The maximum absolute atomic E-state index is 12.6. The van der Waals surface area contributed by atoms with E-state index in [2.05, 4.69) is 35.6 Å². The highest BCUT2D eigenvalue weighted by Crippen LogP contribution is 2.32. The Morgan fingerprint density at radius 3 is 2.39 bits per heavy atom. The molecule has 1 amide bonds. The Kier molecular flexibility index (Phi) is 6.27. The number of carbonyl (C=O) groups excluding carboxylic acids is 1. The summed E-state index contributed by atoms with van der Waals surface area (Å²) in [5.41, 5.74) is 2.11. The third kappa shape index (κ3) is 4.93. The minimum Gasteiger partial charge on any atom is -0.491 e. The third-order valence-corrected chi connectivity index (χ3v) is 5.91. The summed E-state index contributed by atoms with van der Waals surface area (Å²) >= 11 is 0. The van der Waals surface area contributed by atoms with Crippen LogP contribution in [0.2, 0.25) is 0 Å². The average molecular weight is 380 g/mol. The van der Waals surface area contributed by atoms with Crippen LogP contribution in [0.3, 0.4) is 0 Å². The van der Waals surface area contributed by atoms with Crippen LogP contribution in [0.15, 0.2) is 54.6 Å². The number of carbonyl (C=O) groups is 1. The molecule has 4 heteroatoms. The molecular formula is C24H29NO3. The summed E-state index contributed by atoms with van der Waals surface area (Å²) in [7, 11) is 0. The van der Waals surface area contributed by atoms with Crippen LogP contribution in [0.25, 0.3) is 0 Å². The molecule has 1 saturated carbocycles. The van der Waals surface area contributed by atoms with Crippen LogP contribution in [-0.4, -0.2) is 31.3 Å². The molecule has 0 spiro atoms. The highest BCUT2D eigenvalue weighted by Gasteiger charge is 2.23. The summed E-state index contributed by atoms with van der Waals surface area (Å²) in [5, 5.41) is 3.20. The minimum atomic E-state index is 0.00818. The first-order chi connectivity index (χ1) is 13.8. The molecule has 1 N–H and O–H groups in total. The number of rotatable bonds is 6. The first-order valence-corrected chi connectivity index (χ1v) is 10.5. The van der Waals surface area contributed by atoms with Crippen LogP contribution in [-0.2, 0) is 4.74 Å². The summed E-state index contributed by atoms with van der Waals surface area (Å²) in [6, 6.07) is 18.4. The van der Waals surface area contributed by atoms with Gasteiger partial charge in [0.25, 0.3) is 5.91 Å². The number of hydrogen-bond acceptors (Lipinski definition) is 3. The van der Waals surface area contributed by atoms with Gasteiger partial charge >= 0.3 is 0 Å². The summed E-state index contributed by atoms with van der Waals surface area (Å²) in [6.45, 7) is 1.41. The first kappa shape index (κ1) is 19.0. The zero-order valence-electron chi connectivity index (χ0n) is 16.3. The van der Waals surface area contributed by atoms with Gasteiger partial charge in [0.1, 0.15) is 12.4 Å². The largest absolute Gasteiger partial charge is 0.491 e. The van der Waals surface area contributed by atoms with Crippen LogP contribution < -0.4 is 10.1 Å². The monoisotopic (exact) mass is 379 g/mol. The van der Waals surface area contributed by atoms with Gasteiger partial charge in [-0.25, -0.2) is 0 Å². The maximum Gasteiger partial charge on any atom is 0.251 e. The van der Waals surface area contributed by atoms with E-state index in [1.165, 1.54) is 5.56 Å². The average Bonchev–Trinajstić information content (AvgIpc) is 3.27. The van der Waals surface area contributed by atoms with Crippen LogP contribution in [0.5, 0.6) is 5.75 Å². The van der Waals surface area contributed by atoms with Crippen LogP contribution in [0.1, 0.15) is 60.4 Å². The van der Waals surface area contributed by atoms with Gasteiger partial charge in [0.2, 0.25) is 0 Å². The Morgan fingerprint density at radius 1 is 0.964 bits per heavy atom. The van der Waals surface area contributed by atoms with Crippen LogP contribution >= 0.6 is 0 Å². The van der Waals surface area contributed by atoms with Crippen molar-refractivity contribution in [1.29, 1.82) is 0 Å². The Hall–Kier alpha value is -2.33. The van der Waals surface area contributed by atoms with Crippen molar-refractivity contribution in [2.45, 2.75) is 56.6 Å². The van der Waals surface area contributed by atoms with Crippen LogP contribution in [0, 0.1) is 0 Å². The Bertz CT molecular complexity index is 745. The van der Waals surface area contributed by atoms with E-state index < -0.39 is 0 Å². The lowest BCUT2D eigenvalue weighted by Crippen LogP contribution is -2.37. The molecule has 1 aliphatic heterocycles. The standard InChI is InChI=1S/C24H29NO3/c26-24(20-10-14-22(15-11-20)28-17-23-7-4-16-27-23)25-21-12-8-19(9-13-21)18-5-2-1-3-6-18/h1-3,5-6,10-11,14-15,19,21,23H,4,7-9,12-13,16-17H2,(H,25,26). The van der Waals surface area contributed by atoms with Gasteiger partial charge in [0.05, 0.1) is 6.10 Å². The molecule has 148 valence electrons. The Labute approximate surface area is 167 Å². The van der Waals surface area contributed by atoms with Crippen LogP contribution in [0.4, 0.5) is 0 Å². The molecule has 0 bridgehead atoms. The van der Waals surface area contributed by atoms with Crippen molar-refractivity contribution in [3.05, 3.63) is 65.7 Å². The highest BCUT2D eigenvalue weighted by molar-refractivity contribution is 5.94. The molecule has 0 aromatic heterocycles. The molecule has 2 fully saturated rings. The zero-order valence-corrected chi connectivity index (χ0v) is 16.3. The van der Waals surface area contributed by atoms with Crippen molar-refractivity contribution in [2.75, 3.05) is 13.2 Å². The van der Waals surface area contributed by atoms with Crippen molar-refractivity contribution >= 4 is 5.91 Å². The predicted octanol–water partition coefficient (Wildman–Crippen LogP) is 4.70. The number of benzene rings is 2. The summed E-state index contributed by atoms with van der Waals surface area (Å²) in [4.78, 5) is 12.6. The lowest BCUT2D eigenvalue weighted by Gasteiger charge is -2.29. The molecule has 4 nitrogen and oxygen atoms in total. The number of hydrogen-bond donors (Lipinski definition) is 1. The Balaban J connectivity index is 1.23. The van der Waals surface area contributed by atoms with Gasteiger partial charge in [-0.2, -0.15) is 0 Å². The molecule has 2 aromatic rings. The van der Waals surface area contributed by atoms with E-state index in [0.717, 1.165) is 50.9 Å². The number of nitrogens with one attached hydrogen (secondary N) is 1. The van der Waals surface area contributed by atoms with Gasteiger partial charge < -0.3 is 14.8 Å². The fourth-order valence-corrected chi connectivity index (χ4v) is 4.23. The molecule has 4 rings (SSSR count). The van der Waals surface area contributed by atoms with Gasteiger partial charge in [0.15, 0.2) is 0 Å². The van der Waals surface area contributed by atoms with Crippen molar-refractivity contribution in [3.8, 4) is 5.75 Å². The molecular weight excluding hydrogens is 350 g/mol. The lowest BCUT2D eigenvalue weighted by atomic mass is 9.82. The van der Waals surface area contributed by atoms with E-state index in [1.807, 2.05) is 24.3 Å². The third-order valence-electron chi connectivity index (χ3n) is 5.91. The van der Waals surface area contributed by atoms with Crippen molar-refractivity contribution in [3.63, 3.8) is 0 Å². The highest BCUT2D eigenvalue weighted by atomic mass is 16.5. The molecule has 1 saturated heterocycles. The maximum atomic E-state index is 12.6. The smallest absolute Gasteiger partial charge is 0.251 e. The van der Waals surface area contributed by atoms with E-state index in [9.17, 15) is 4.79 Å². The van der Waals surface area contributed by atoms with E-state index in [4.69, 9.17) is 9.47 Å². The van der Waals surface area contributed by atoms with Crippen molar-refractivity contribution in [2.24, 2.45) is 0 Å². The first-order valence-electron chi connectivity index (χ1n) is 10.5. The Morgan fingerprint density at radius 2 is 1.71 bits per heavy atom. The van der Waals surface area contributed by atoms with E-state index in [1.54, 1.807) is 0 Å². The number of ether oxygens (including phenoxy) is 2. The lowest BCUT2D eigenvalue weighted by molar-refractivity contribution is 0.0679.